The Labute approximate surface area is 171 Å². The van der Waals surface area contributed by atoms with E-state index in [1.165, 1.54) is 0 Å². The maximum atomic E-state index is 11.7. The number of likely N-dealkylation sites (tertiary alicyclic amines) is 2. The van der Waals surface area contributed by atoms with Crippen LogP contribution in [0.15, 0.2) is 11.8 Å². The van der Waals surface area contributed by atoms with E-state index in [0.29, 0.717) is 58.5 Å². The highest BCUT2D eigenvalue weighted by Gasteiger charge is 2.51. The summed E-state index contributed by atoms with van der Waals surface area (Å²) in [6, 6.07) is 0. The molecule has 0 aromatic carbocycles. The zero-order chi connectivity index (χ0) is 20.9. The summed E-state index contributed by atoms with van der Waals surface area (Å²) in [5, 5.41) is -0.266. The van der Waals surface area contributed by atoms with Crippen LogP contribution in [-0.4, -0.2) is 65.4 Å². The minimum Gasteiger partial charge on any atom is -0.497 e. The predicted molar refractivity (Wildman–Crippen MR) is 104 cm³/mol. The molecule has 156 valence electrons. The van der Waals surface area contributed by atoms with Crippen LogP contribution in [0.3, 0.4) is 0 Å². The molecule has 1 spiro atoms. The number of piperidine rings is 2. The highest BCUT2D eigenvalue weighted by molar-refractivity contribution is 6.64. The van der Waals surface area contributed by atoms with E-state index >= 15 is 0 Å². The third kappa shape index (κ3) is 4.93. The molecule has 2 saturated heterocycles. The highest BCUT2D eigenvalue weighted by atomic mass is 35.5. The fraction of sp³-hybridized carbons (Fsp3) is 0.700. The number of ether oxygens (including phenoxy) is 1. The monoisotopic (exact) mass is 412 g/mol. The molecule has 2 aliphatic heterocycles. The van der Waals surface area contributed by atoms with Gasteiger partial charge in [0, 0.05) is 52.0 Å². The molecule has 1 aliphatic carbocycles. The molecule has 0 N–H and O–H groups in total. The largest absolute Gasteiger partial charge is 0.497 e. The van der Waals surface area contributed by atoms with Gasteiger partial charge < -0.3 is 14.5 Å². The van der Waals surface area contributed by atoms with E-state index in [9.17, 15) is 19.2 Å². The average molecular weight is 413 g/mol. The smallest absolute Gasteiger partial charge is 0.224 e. The summed E-state index contributed by atoms with van der Waals surface area (Å²) in [6.45, 7) is 8.27. The van der Waals surface area contributed by atoms with Crippen LogP contribution < -0.4 is 0 Å². The number of halogens is 1. The lowest BCUT2D eigenvalue weighted by Crippen LogP contribution is -2.50. The van der Waals surface area contributed by atoms with Crippen molar-refractivity contribution in [3.63, 3.8) is 0 Å². The molecule has 3 aliphatic rings. The summed E-state index contributed by atoms with van der Waals surface area (Å²) < 4.78 is 5.47. The lowest BCUT2D eigenvalue weighted by molar-refractivity contribution is -0.138. The summed E-state index contributed by atoms with van der Waals surface area (Å²) in [4.78, 5) is 48.1. The summed E-state index contributed by atoms with van der Waals surface area (Å²) in [6.07, 6.45) is 4.42. The van der Waals surface area contributed by atoms with Crippen LogP contribution in [0.2, 0.25) is 0 Å². The van der Waals surface area contributed by atoms with E-state index in [4.69, 9.17) is 16.3 Å². The molecule has 2 heterocycles. The predicted octanol–water partition coefficient (Wildman–Crippen LogP) is 2.13. The van der Waals surface area contributed by atoms with Crippen LogP contribution in [0.4, 0.5) is 0 Å². The Kier molecular flexibility index (Phi) is 7.63. The first kappa shape index (κ1) is 22.4. The first-order chi connectivity index (χ1) is 13.2. The van der Waals surface area contributed by atoms with Crippen LogP contribution in [0.1, 0.15) is 46.5 Å². The van der Waals surface area contributed by atoms with E-state index < -0.39 is 5.41 Å². The van der Waals surface area contributed by atoms with E-state index in [1.54, 1.807) is 29.7 Å². The molecular weight excluding hydrogens is 384 g/mol. The Bertz CT molecular complexity index is 638. The maximum Gasteiger partial charge on any atom is 0.224 e. The second-order valence-electron chi connectivity index (χ2n) is 7.48. The third-order valence-corrected chi connectivity index (χ3v) is 6.14. The SMILES string of the molecule is CC(=O)N1CCC(C(=O)Cl)CC1.CCOC1=CC(=O)C12CCN(C(C)=O)CC2. The number of amides is 2. The fourth-order valence-corrected chi connectivity index (χ4v) is 4.11. The van der Waals surface area contributed by atoms with Crippen LogP contribution in [0, 0.1) is 11.3 Å². The van der Waals surface area contributed by atoms with Gasteiger partial charge in [-0.15, -0.1) is 0 Å². The quantitative estimate of drug-likeness (QED) is 0.663. The van der Waals surface area contributed by atoms with E-state index in [0.717, 1.165) is 5.76 Å². The molecule has 28 heavy (non-hydrogen) atoms. The first-order valence-electron chi connectivity index (χ1n) is 9.81. The molecule has 2 fully saturated rings. The topological polar surface area (TPSA) is 84.0 Å². The van der Waals surface area contributed by atoms with Crippen molar-refractivity contribution in [2.24, 2.45) is 11.3 Å². The standard InChI is InChI=1S/C12H17NO3.C8H12ClNO2/c1-3-16-11-8-10(15)12(11)4-6-13(7-5-12)9(2)14;1-6(11)10-4-2-7(3-5-10)8(9)12/h8H,3-7H2,1-2H3;7H,2-5H2,1H3. The number of ketones is 1. The number of rotatable bonds is 3. The van der Waals surface area contributed by atoms with Gasteiger partial charge in [0.25, 0.3) is 0 Å². The zero-order valence-corrected chi connectivity index (χ0v) is 17.6. The molecule has 0 aromatic heterocycles. The van der Waals surface area contributed by atoms with E-state index in [-0.39, 0.29) is 28.8 Å². The molecule has 8 heteroatoms. The molecule has 0 bridgehead atoms. The number of hydrogen-bond donors (Lipinski definition) is 0. The van der Waals surface area contributed by atoms with Crippen molar-refractivity contribution in [1.29, 1.82) is 0 Å². The van der Waals surface area contributed by atoms with Crippen molar-refractivity contribution in [3.8, 4) is 0 Å². The van der Waals surface area contributed by atoms with E-state index in [2.05, 4.69) is 0 Å². The van der Waals surface area contributed by atoms with Gasteiger partial charge in [-0.05, 0) is 44.2 Å². The van der Waals surface area contributed by atoms with Gasteiger partial charge in [0.05, 0.1) is 12.0 Å². The zero-order valence-electron chi connectivity index (χ0n) is 16.8. The van der Waals surface area contributed by atoms with Gasteiger partial charge in [0.15, 0.2) is 5.78 Å². The highest BCUT2D eigenvalue weighted by Crippen LogP contribution is 2.46. The van der Waals surface area contributed by atoms with Crippen LogP contribution in [-0.2, 0) is 23.9 Å². The number of nitrogens with zero attached hydrogens (tertiary/aromatic N) is 2. The van der Waals surface area contributed by atoms with Crippen molar-refractivity contribution in [1.82, 2.24) is 9.80 Å². The van der Waals surface area contributed by atoms with Crippen LogP contribution in [0.5, 0.6) is 0 Å². The fourth-order valence-electron chi connectivity index (χ4n) is 3.89. The summed E-state index contributed by atoms with van der Waals surface area (Å²) >= 11 is 5.34. The maximum absolute atomic E-state index is 11.7. The Balaban J connectivity index is 0.000000209. The number of hydrogen-bond acceptors (Lipinski definition) is 5. The molecule has 0 saturated carbocycles. The second kappa shape index (κ2) is 9.54. The molecular formula is C20H29ClN2O5. The van der Waals surface area contributed by atoms with Gasteiger partial charge in [-0.25, -0.2) is 0 Å². The lowest BCUT2D eigenvalue weighted by Gasteiger charge is -2.45. The summed E-state index contributed by atoms with van der Waals surface area (Å²) in [7, 11) is 0. The van der Waals surface area contributed by atoms with Gasteiger partial charge in [-0.3, -0.25) is 19.2 Å². The Morgan fingerprint density at radius 1 is 1.07 bits per heavy atom. The molecule has 0 atom stereocenters. The minimum atomic E-state index is -0.401. The van der Waals surface area contributed by atoms with Crippen LogP contribution >= 0.6 is 11.6 Å². The van der Waals surface area contributed by atoms with Gasteiger partial charge >= 0.3 is 0 Å². The number of carbonyl (C=O) groups is 4. The Morgan fingerprint density at radius 3 is 1.96 bits per heavy atom. The lowest BCUT2D eigenvalue weighted by atomic mass is 9.66. The first-order valence-corrected chi connectivity index (χ1v) is 10.2. The van der Waals surface area contributed by atoms with Crippen molar-refractivity contribution in [2.45, 2.75) is 46.5 Å². The van der Waals surface area contributed by atoms with Crippen LogP contribution in [0.25, 0.3) is 0 Å². The molecule has 2 amide bonds. The van der Waals surface area contributed by atoms with Gasteiger partial charge in [0.2, 0.25) is 17.1 Å². The number of allylic oxidation sites excluding steroid dienone is 2. The summed E-state index contributed by atoms with van der Waals surface area (Å²) in [5.41, 5.74) is -0.401. The second-order valence-corrected chi connectivity index (χ2v) is 7.85. The third-order valence-electron chi connectivity index (χ3n) is 5.83. The van der Waals surface area contributed by atoms with Crippen molar-refractivity contribution >= 4 is 34.4 Å². The Hall–Kier alpha value is -1.89. The molecule has 0 unspecified atom stereocenters. The average Bonchev–Trinajstić information content (AvgIpc) is 2.68. The molecule has 0 aromatic rings. The van der Waals surface area contributed by atoms with Crippen molar-refractivity contribution < 1.29 is 23.9 Å². The van der Waals surface area contributed by atoms with Gasteiger partial charge in [-0.2, -0.15) is 0 Å². The van der Waals surface area contributed by atoms with E-state index in [1.807, 2.05) is 6.92 Å². The van der Waals surface area contributed by atoms with Crippen molar-refractivity contribution in [3.05, 3.63) is 11.8 Å². The van der Waals surface area contributed by atoms with Gasteiger partial charge in [-0.1, -0.05) is 0 Å². The normalized spacial score (nSPS) is 21.3. The van der Waals surface area contributed by atoms with Gasteiger partial charge in [0.1, 0.15) is 5.76 Å². The minimum absolute atomic E-state index is 0.0396. The molecule has 3 rings (SSSR count). The number of carbonyl (C=O) groups excluding carboxylic acids is 4. The summed E-state index contributed by atoms with van der Waals surface area (Å²) in [5.74, 6) is 1.11. The molecule has 7 nitrogen and oxygen atoms in total. The Morgan fingerprint density at radius 2 is 1.57 bits per heavy atom. The molecule has 0 radical (unpaired) electrons. The van der Waals surface area contributed by atoms with Crippen molar-refractivity contribution in [2.75, 3.05) is 32.8 Å².